The minimum Gasteiger partial charge on any atom is -0.497 e. The van der Waals surface area contributed by atoms with Crippen LogP contribution in [0.15, 0.2) is 53.5 Å². The van der Waals surface area contributed by atoms with Gasteiger partial charge in [-0.15, -0.1) is 24.0 Å². The SMILES string of the molecule is CCNC(=NCc1ccc(OC)cc1)NCC1(c2cccc(Cl)c2)CCOCC1.I. The number of benzene rings is 2. The molecule has 0 radical (unpaired) electrons. The second-order valence-electron chi connectivity index (χ2n) is 7.30. The molecule has 1 saturated heterocycles. The smallest absolute Gasteiger partial charge is 0.191 e. The molecule has 1 heterocycles. The molecule has 0 unspecified atom stereocenters. The number of hydrogen-bond acceptors (Lipinski definition) is 3. The Bertz CT molecular complexity index is 808. The Balaban J connectivity index is 0.00000320. The number of aliphatic imine (C=N–C) groups is 1. The first-order valence-corrected chi connectivity index (χ1v) is 10.5. The van der Waals surface area contributed by atoms with E-state index in [0.29, 0.717) is 6.54 Å². The average molecular weight is 544 g/mol. The van der Waals surface area contributed by atoms with Crippen molar-refractivity contribution in [2.24, 2.45) is 4.99 Å². The number of methoxy groups -OCH3 is 1. The normalized spacial score (nSPS) is 15.8. The van der Waals surface area contributed by atoms with E-state index in [1.54, 1.807) is 7.11 Å². The predicted octanol–water partition coefficient (Wildman–Crippen LogP) is 4.77. The van der Waals surface area contributed by atoms with E-state index in [1.165, 1.54) is 5.56 Å². The zero-order chi connectivity index (χ0) is 20.5. The first-order valence-electron chi connectivity index (χ1n) is 10.1. The minimum absolute atomic E-state index is 0. The molecule has 5 nitrogen and oxygen atoms in total. The molecule has 0 aromatic heterocycles. The molecule has 2 aromatic carbocycles. The summed E-state index contributed by atoms with van der Waals surface area (Å²) in [6.07, 6.45) is 1.91. The Morgan fingerprint density at radius 3 is 2.50 bits per heavy atom. The highest BCUT2D eigenvalue weighted by Gasteiger charge is 2.34. The molecule has 7 heteroatoms. The number of halogens is 2. The van der Waals surface area contributed by atoms with Gasteiger partial charge in [-0.05, 0) is 55.2 Å². The molecule has 1 aliphatic heterocycles. The van der Waals surface area contributed by atoms with Gasteiger partial charge in [0.05, 0.1) is 13.7 Å². The zero-order valence-electron chi connectivity index (χ0n) is 17.6. The van der Waals surface area contributed by atoms with E-state index in [-0.39, 0.29) is 29.4 Å². The van der Waals surface area contributed by atoms with Gasteiger partial charge in [0.25, 0.3) is 0 Å². The molecule has 3 rings (SSSR count). The highest BCUT2D eigenvalue weighted by Crippen LogP contribution is 2.35. The van der Waals surface area contributed by atoms with E-state index in [1.807, 2.05) is 36.4 Å². The Hall–Kier alpha value is -1.51. The second kappa shape index (κ2) is 12.4. The van der Waals surface area contributed by atoms with Crippen LogP contribution in [0.2, 0.25) is 5.02 Å². The van der Waals surface area contributed by atoms with E-state index >= 15 is 0 Å². The van der Waals surface area contributed by atoms with Gasteiger partial charge in [-0.1, -0.05) is 35.9 Å². The summed E-state index contributed by atoms with van der Waals surface area (Å²) in [6, 6.07) is 16.2. The Labute approximate surface area is 201 Å². The lowest BCUT2D eigenvalue weighted by Gasteiger charge is -2.38. The van der Waals surface area contributed by atoms with Crippen molar-refractivity contribution in [3.8, 4) is 5.75 Å². The van der Waals surface area contributed by atoms with Gasteiger partial charge in [-0.2, -0.15) is 0 Å². The van der Waals surface area contributed by atoms with Crippen molar-refractivity contribution in [1.29, 1.82) is 0 Å². The van der Waals surface area contributed by atoms with Crippen molar-refractivity contribution < 1.29 is 9.47 Å². The van der Waals surface area contributed by atoms with E-state index in [0.717, 1.165) is 61.4 Å². The molecular formula is C23H31ClIN3O2. The predicted molar refractivity (Wildman–Crippen MR) is 134 cm³/mol. The van der Waals surface area contributed by atoms with Gasteiger partial charge in [-0.25, -0.2) is 4.99 Å². The lowest BCUT2D eigenvalue weighted by Crippen LogP contribution is -2.48. The van der Waals surface area contributed by atoms with Crippen LogP contribution in [0, 0.1) is 0 Å². The van der Waals surface area contributed by atoms with E-state index in [9.17, 15) is 0 Å². The highest BCUT2D eigenvalue weighted by atomic mass is 127. The van der Waals surface area contributed by atoms with Gasteiger partial charge >= 0.3 is 0 Å². The monoisotopic (exact) mass is 543 g/mol. The summed E-state index contributed by atoms with van der Waals surface area (Å²) in [4.78, 5) is 4.76. The first kappa shape index (κ1) is 24.8. The molecule has 30 heavy (non-hydrogen) atoms. The van der Waals surface area contributed by atoms with Crippen LogP contribution in [0.1, 0.15) is 30.9 Å². The largest absolute Gasteiger partial charge is 0.497 e. The third kappa shape index (κ3) is 6.75. The van der Waals surface area contributed by atoms with E-state index < -0.39 is 0 Å². The maximum absolute atomic E-state index is 6.28. The number of hydrogen-bond donors (Lipinski definition) is 2. The summed E-state index contributed by atoms with van der Waals surface area (Å²) in [7, 11) is 1.67. The number of nitrogens with one attached hydrogen (secondary N) is 2. The van der Waals surface area contributed by atoms with Gasteiger partial charge in [0, 0.05) is 36.7 Å². The van der Waals surface area contributed by atoms with Crippen LogP contribution in [0.4, 0.5) is 0 Å². The summed E-state index contributed by atoms with van der Waals surface area (Å²) in [5, 5.41) is 7.68. The zero-order valence-corrected chi connectivity index (χ0v) is 20.7. The standard InChI is InChI=1S/C23H30ClN3O2.HI/c1-3-25-22(26-16-18-7-9-21(28-2)10-8-18)27-17-23(11-13-29-14-12-23)19-5-4-6-20(24)15-19;/h4-10,15H,3,11-14,16-17H2,1-2H3,(H2,25,26,27);1H. The van der Waals surface area contributed by atoms with Crippen LogP contribution in [-0.2, 0) is 16.7 Å². The first-order chi connectivity index (χ1) is 14.1. The number of guanidine groups is 1. The number of nitrogens with zero attached hydrogens (tertiary/aromatic N) is 1. The molecule has 0 aliphatic carbocycles. The lowest BCUT2D eigenvalue weighted by molar-refractivity contribution is 0.0514. The van der Waals surface area contributed by atoms with Crippen LogP contribution in [0.25, 0.3) is 0 Å². The molecule has 2 aromatic rings. The van der Waals surface area contributed by atoms with E-state index in [2.05, 4.69) is 29.7 Å². The fourth-order valence-corrected chi connectivity index (χ4v) is 3.83. The Kier molecular flexibility index (Phi) is 10.2. The second-order valence-corrected chi connectivity index (χ2v) is 7.74. The van der Waals surface area contributed by atoms with Gasteiger partial charge in [0.1, 0.15) is 5.75 Å². The van der Waals surface area contributed by atoms with Crippen molar-refractivity contribution in [2.75, 3.05) is 33.4 Å². The van der Waals surface area contributed by atoms with Crippen molar-refractivity contribution in [1.82, 2.24) is 10.6 Å². The van der Waals surface area contributed by atoms with Crippen molar-refractivity contribution in [3.63, 3.8) is 0 Å². The van der Waals surface area contributed by atoms with Crippen molar-refractivity contribution in [2.45, 2.75) is 31.7 Å². The summed E-state index contributed by atoms with van der Waals surface area (Å²) < 4.78 is 10.9. The molecule has 0 bridgehead atoms. The number of ether oxygens (including phenoxy) is 2. The lowest BCUT2D eigenvalue weighted by atomic mass is 9.74. The van der Waals surface area contributed by atoms with Crippen LogP contribution in [0.5, 0.6) is 5.75 Å². The molecule has 0 saturated carbocycles. The van der Waals surface area contributed by atoms with Crippen LogP contribution in [0.3, 0.4) is 0 Å². The molecule has 0 amide bonds. The summed E-state index contributed by atoms with van der Waals surface area (Å²) in [5.74, 6) is 1.67. The maximum atomic E-state index is 6.28. The summed E-state index contributed by atoms with van der Waals surface area (Å²) in [5.41, 5.74) is 2.38. The van der Waals surface area contributed by atoms with E-state index in [4.69, 9.17) is 26.1 Å². The third-order valence-corrected chi connectivity index (χ3v) is 5.64. The third-order valence-electron chi connectivity index (χ3n) is 5.40. The Morgan fingerprint density at radius 2 is 1.87 bits per heavy atom. The molecule has 0 spiro atoms. The number of rotatable bonds is 7. The fourth-order valence-electron chi connectivity index (χ4n) is 3.64. The molecule has 1 fully saturated rings. The minimum atomic E-state index is -0.0144. The average Bonchev–Trinajstić information content (AvgIpc) is 2.76. The van der Waals surface area contributed by atoms with Gasteiger partial charge in [0.2, 0.25) is 0 Å². The molecule has 1 aliphatic rings. The molecular weight excluding hydrogens is 513 g/mol. The van der Waals surface area contributed by atoms with Gasteiger partial charge in [0.15, 0.2) is 5.96 Å². The highest BCUT2D eigenvalue weighted by molar-refractivity contribution is 14.0. The van der Waals surface area contributed by atoms with Crippen LogP contribution in [-0.4, -0.2) is 39.4 Å². The van der Waals surface area contributed by atoms with Crippen molar-refractivity contribution >= 4 is 41.5 Å². The van der Waals surface area contributed by atoms with Gasteiger partial charge < -0.3 is 20.1 Å². The maximum Gasteiger partial charge on any atom is 0.191 e. The Morgan fingerprint density at radius 1 is 1.13 bits per heavy atom. The molecule has 2 N–H and O–H groups in total. The summed E-state index contributed by atoms with van der Waals surface area (Å²) in [6.45, 7) is 5.78. The quantitative estimate of drug-likeness (QED) is 0.300. The molecule has 164 valence electrons. The van der Waals surface area contributed by atoms with Gasteiger partial charge in [-0.3, -0.25) is 0 Å². The molecule has 0 atom stereocenters. The fraction of sp³-hybridized carbons (Fsp3) is 0.435. The van der Waals surface area contributed by atoms with Crippen molar-refractivity contribution in [3.05, 3.63) is 64.7 Å². The van der Waals surface area contributed by atoms with Crippen LogP contribution < -0.4 is 15.4 Å². The topological polar surface area (TPSA) is 54.9 Å². The van der Waals surface area contributed by atoms with Crippen LogP contribution >= 0.6 is 35.6 Å². The summed E-state index contributed by atoms with van der Waals surface area (Å²) >= 11 is 6.28.